The minimum Gasteiger partial charge on any atom is -0.462 e. The molecule has 158 valence electrons. The molecule has 0 aliphatic heterocycles. The van der Waals surface area contributed by atoms with Gasteiger partial charge in [-0.05, 0) is 53.4 Å². The van der Waals surface area contributed by atoms with Crippen LogP contribution >= 0.6 is 0 Å². The Hall–Kier alpha value is -4.25. The summed E-state index contributed by atoms with van der Waals surface area (Å²) in [7, 11) is 0. The van der Waals surface area contributed by atoms with Crippen LogP contribution < -0.4 is 0 Å². The van der Waals surface area contributed by atoms with E-state index in [0.717, 1.165) is 16.6 Å². The van der Waals surface area contributed by atoms with Gasteiger partial charge < -0.3 is 4.74 Å². The molecule has 5 rings (SSSR count). The number of carbonyl (C=O) groups is 1. The monoisotopic (exact) mass is 421 g/mol. The van der Waals surface area contributed by atoms with Crippen LogP contribution in [0.2, 0.25) is 0 Å². The fraction of sp³-hybridized carbons (Fsp3) is 0.0741. The van der Waals surface area contributed by atoms with Crippen LogP contribution in [0.1, 0.15) is 17.3 Å². The van der Waals surface area contributed by atoms with Crippen LogP contribution in [-0.2, 0) is 4.74 Å². The molecule has 0 bridgehead atoms. The Bertz CT molecular complexity index is 1250. The molecule has 0 atom stereocenters. The van der Waals surface area contributed by atoms with Gasteiger partial charge in [0.05, 0.1) is 18.3 Å². The largest absolute Gasteiger partial charge is 0.462 e. The van der Waals surface area contributed by atoms with E-state index in [4.69, 9.17) is 4.74 Å². The van der Waals surface area contributed by atoms with Gasteiger partial charge in [0.15, 0.2) is 0 Å². The number of hydrogen-bond acceptors (Lipinski definition) is 4. The molecular formula is C27H23N3O2. The predicted octanol–water partition coefficient (Wildman–Crippen LogP) is 5.93. The summed E-state index contributed by atoms with van der Waals surface area (Å²) in [5.41, 5.74) is 5.84. The van der Waals surface area contributed by atoms with Crippen molar-refractivity contribution in [3.8, 4) is 22.3 Å². The molecule has 3 heterocycles. The Morgan fingerprint density at radius 2 is 1.41 bits per heavy atom. The maximum absolute atomic E-state index is 11.9. The van der Waals surface area contributed by atoms with Gasteiger partial charge in [-0.25, -0.2) is 9.31 Å². The summed E-state index contributed by atoms with van der Waals surface area (Å²) in [5, 5.41) is 4.17. The van der Waals surface area contributed by atoms with Crippen molar-refractivity contribution in [2.24, 2.45) is 0 Å². The number of fused-ring (bicyclic) bond motifs is 1. The third-order valence-electron chi connectivity index (χ3n) is 4.91. The number of aromatic nitrogens is 3. The zero-order chi connectivity index (χ0) is 22.2. The van der Waals surface area contributed by atoms with Crippen molar-refractivity contribution in [3.05, 3.63) is 115 Å². The summed E-state index contributed by atoms with van der Waals surface area (Å²) in [6.07, 6.45) is 7.01. The lowest BCUT2D eigenvalue weighted by atomic mass is 10.1. The van der Waals surface area contributed by atoms with Crippen molar-refractivity contribution in [1.29, 1.82) is 0 Å². The van der Waals surface area contributed by atoms with Crippen LogP contribution in [0.25, 0.3) is 27.8 Å². The van der Waals surface area contributed by atoms with E-state index in [0.29, 0.717) is 12.2 Å². The first kappa shape index (κ1) is 21.0. The van der Waals surface area contributed by atoms with Gasteiger partial charge in [0, 0.05) is 18.6 Å². The van der Waals surface area contributed by atoms with E-state index in [-0.39, 0.29) is 5.97 Å². The summed E-state index contributed by atoms with van der Waals surface area (Å²) in [6.45, 7) is 2.15. The number of nitrogens with zero attached hydrogens (tertiary/aromatic N) is 3. The summed E-state index contributed by atoms with van der Waals surface area (Å²) in [5.74, 6) is -0.340. The third kappa shape index (κ3) is 4.90. The number of carbonyl (C=O) groups excluding carboxylic acids is 1. The lowest BCUT2D eigenvalue weighted by molar-refractivity contribution is 0.0528. The van der Waals surface area contributed by atoms with Crippen LogP contribution in [0.5, 0.6) is 0 Å². The number of hydrogen-bond donors (Lipinski definition) is 0. The quantitative estimate of drug-likeness (QED) is 0.338. The normalized spacial score (nSPS) is 10.3. The Morgan fingerprint density at radius 1 is 0.812 bits per heavy atom. The van der Waals surface area contributed by atoms with E-state index in [1.54, 1.807) is 17.6 Å². The summed E-state index contributed by atoms with van der Waals surface area (Å²) < 4.78 is 6.73. The van der Waals surface area contributed by atoms with Gasteiger partial charge in [-0.3, -0.25) is 4.98 Å². The molecule has 5 heteroatoms. The van der Waals surface area contributed by atoms with E-state index >= 15 is 0 Å². The molecule has 0 radical (unpaired) electrons. The Balaban J connectivity index is 0.000000174. The topological polar surface area (TPSA) is 56.5 Å². The average Bonchev–Trinajstić information content (AvgIpc) is 3.30. The first-order valence-electron chi connectivity index (χ1n) is 10.4. The number of ether oxygens (including phenoxy) is 1. The Kier molecular flexibility index (Phi) is 6.68. The minimum absolute atomic E-state index is 0.340. The van der Waals surface area contributed by atoms with Gasteiger partial charge in [-0.1, -0.05) is 60.7 Å². The van der Waals surface area contributed by atoms with Crippen LogP contribution in [0, 0.1) is 0 Å². The number of rotatable bonds is 4. The number of benzene rings is 2. The first-order chi connectivity index (χ1) is 15.8. The van der Waals surface area contributed by atoms with Crippen LogP contribution in [-0.4, -0.2) is 27.2 Å². The molecule has 0 spiro atoms. The summed E-state index contributed by atoms with van der Waals surface area (Å²) >= 11 is 0. The van der Waals surface area contributed by atoms with Crippen molar-refractivity contribution >= 4 is 11.5 Å². The first-order valence-corrected chi connectivity index (χ1v) is 10.4. The zero-order valence-corrected chi connectivity index (χ0v) is 17.8. The maximum Gasteiger partial charge on any atom is 0.341 e. The molecule has 0 amide bonds. The van der Waals surface area contributed by atoms with Crippen molar-refractivity contribution in [3.63, 3.8) is 0 Å². The second kappa shape index (κ2) is 10.2. The lowest BCUT2D eigenvalue weighted by Crippen LogP contribution is -2.04. The van der Waals surface area contributed by atoms with E-state index in [9.17, 15) is 4.79 Å². The molecule has 0 aliphatic rings. The second-order valence-electron chi connectivity index (χ2n) is 6.99. The van der Waals surface area contributed by atoms with E-state index in [2.05, 4.69) is 22.2 Å². The van der Waals surface area contributed by atoms with Gasteiger partial charge >= 0.3 is 5.97 Å². The Labute approximate surface area is 187 Å². The molecule has 0 fully saturated rings. The summed E-state index contributed by atoms with van der Waals surface area (Å²) in [4.78, 5) is 15.9. The number of pyridine rings is 2. The molecule has 0 saturated heterocycles. The molecule has 0 aliphatic carbocycles. The van der Waals surface area contributed by atoms with Gasteiger partial charge in [0.2, 0.25) is 0 Å². The van der Waals surface area contributed by atoms with Gasteiger partial charge in [-0.2, -0.15) is 5.10 Å². The molecular weight excluding hydrogens is 398 g/mol. The molecule has 5 nitrogen and oxygen atoms in total. The fourth-order valence-electron chi connectivity index (χ4n) is 3.33. The van der Waals surface area contributed by atoms with Crippen molar-refractivity contribution in [2.75, 3.05) is 6.61 Å². The molecule has 5 aromatic rings. The van der Waals surface area contributed by atoms with Gasteiger partial charge in [0.1, 0.15) is 5.56 Å². The highest BCUT2D eigenvalue weighted by molar-refractivity contribution is 5.97. The molecule has 0 unspecified atom stereocenters. The molecule has 2 aromatic carbocycles. The van der Waals surface area contributed by atoms with Crippen LogP contribution in [0.3, 0.4) is 0 Å². The number of esters is 1. The molecule has 32 heavy (non-hydrogen) atoms. The minimum atomic E-state index is -0.340. The maximum atomic E-state index is 11.9. The highest BCUT2D eigenvalue weighted by Gasteiger charge is 2.14. The van der Waals surface area contributed by atoms with Gasteiger partial charge in [-0.15, -0.1) is 0 Å². The molecule has 0 N–H and O–H groups in total. The van der Waals surface area contributed by atoms with Crippen LogP contribution in [0.15, 0.2) is 110 Å². The van der Waals surface area contributed by atoms with Crippen molar-refractivity contribution < 1.29 is 9.53 Å². The fourth-order valence-corrected chi connectivity index (χ4v) is 3.33. The predicted molar refractivity (Wildman–Crippen MR) is 126 cm³/mol. The van der Waals surface area contributed by atoms with E-state index < -0.39 is 0 Å². The smallest absolute Gasteiger partial charge is 0.341 e. The highest BCUT2D eigenvalue weighted by atomic mass is 16.5. The standard InChI is InChI=1S/C16H14N2O2.C11H9N/c1-2-20-16(19)14-11-17-18-9-8-13(10-15(14)18)12-6-4-3-5-7-12;1-2-4-10(5-3-1)11-6-8-12-9-7-11/h3-11H,2H2,1H3;1-9H. The lowest BCUT2D eigenvalue weighted by Gasteiger charge is -2.04. The average molecular weight is 422 g/mol. The molecule has 0 saturated carbocycles. The Morgan fingerprint density at radius 3 is 2.03 bits per heavy atom. The van der Waals surface area contributed by atoms with E-state index in [1.165, 1.54) is 11.1 Å². The molecule has 3 aromatic heterocycles. The van der Waals surface area contributed by atoms with Crippen molar-refractivity contribution in [2.45, 2.75) is 6.92 Å². The highest BCUT2D eigenvalue weighted by Crippen LogP contribution is 2.22. The van der Waals surface area contributed by atoms with E-state index in [1.807, 2.05) is 91.4 Å². The van der Waals surface area contributed by atoms with Gasteiger partial charge in [0.25, 0.3) is 0 Å². The van der Waals surface area contributed by atoms with Crippen molar-refractivity contribution in [1.82, 2.24) is 14.6 Å². The SMILES string of the molecule is CCOC(=O)c1cnn2ccc(-c3ccccc3)cc12.c1ccc(-c2ccncc2)cc1. The second-order valence-corrected chi connectivity index (χ2v) is 6.99. The summed E-state index contributed by atoms with van der Waals surface area (Å²) in [6, 6.07) is 28.2. The van der Waals surface area contributed by atoms with Crippen LogP contribution in [0.4, 0.5) is 0 Å². The zero-order valence-electron chi connectivity index (χ0n) is 17.8. The third-order valence-corrected chi connectivity index (χ3v) is 4.91.